The quantitative estimate of drug-likeness (QED) is 0.771. The number of rotatable bonds is 4. The fraction of sp³-hybridized carbons (Fsp3) is 0.474. The second-order valence-electron chi connectivity index (χ2n) is 6.58. The van der Waals surface area contributed by atoms with Gasteiger partial charge >= 0.3 is 0 Å². The van der Waals surface area contributed by atoms with E-state index in [9.17, 15) is 4.79 Å². The number of carbonyl (C=O) groups is 1. The minimum absolute atomic E-state index is 0.0623. The van der Waals surface area contributed by atoms with Crippen molar-refractivity contribution in [2.24, 2.45) is 0 Å². The van der Waals surface area contributed by atoms with E-state index in [1.54, 1.807) is 10.9 Å². The van der Waals surface area contributed by atoms with E-state index in [2.05, 4.69) is 5.10 Å². The van der Waals surface area contributed by atoms with Crippen LogP contribution in [0.5, 0.6) is 0 Å². The molecule has 5 heteroatoms. The van der Waals surface area contributed by atoms with Crippen molar-refractivity contribution in [2.45, 2.75) is 51.1 Å². The molecule has 1 saturated carbocycles. The molecule has 0 bridgehead atoms. The molecule has 0 aliphatic heterocycles. The molecule has 0 saturated heterocycles. The minimum Gasteiger partial charge on any atom is -0.339 e. The fourth-order valence-electron chi connectivity index (χ4n) is 3.38. The zero-order chi connectivity index (χ0) is 16.9. The Hall–Kier alpha value is -1.81. The summed E-state index contributed by atoms with van der Waals surface area (Å²) in [6, 6.07) is 8.06. The number of hydrogen-bond donors (Lipinski definition) is 0. The molecule has 1 aliphatic rings. The van der Waals surface area contributed by atoms with Crippen molar-refractivity contribution in [3.63, 3.8) is 0 Å². The highest BCUT2D eigenvalue weighted by atomic mass is 35.5. The molecule has 128 valence electrons. The molecule has 3 rings (SSSR count). The number of halogens is 1. The third-order valence-electron chi connectivity index (χ3n) is 4.86. The summed E-state index contributed by atoms with van der Waals surface area (Å²) in [6.07, 6.45) is 10.7. The van der Waals surface area contributed by atoms with Gasteiger partial charge in [0.15, 0.2) is 0 Å². The molecular formula is C19H24ClN3O. The summed E-state index contributed by atoms with van der Waals surface area (Å²) < 4.78 is 1.77. The lowest BCUT2D eigenvalue weighted by atomic mass is 10.1. The Labute approximate surface area is 148 Å². The SMILES string of the molecule is CN(C(=O)c1cnn(Cc2ccccc2Cl)c1)C1CCCCCC1. The third-order valence-corrected chi connectivity index (χ3v) is 5.23. The second-order valence-corrected chi connectivity index (χ2v) is 6.99. The summed E-state index contributed by atoms with van der Waals surface area (Å²) in [5.74, 6) is 0.0623. The number of aromatic nitrogens is 2. The predicted molar refractivity (Wildman–Crippen MR) is 96.4 cm³/mol. The smallest absolute Gasteiger partial charge is 0.257 e. The van der Waals surface area contributed by atoms with Crippen LogP contribution in [0.4, 0.5) is 0 Å². The van der Waals surface area contributed by atoms with Crippen LogP contribution >= 0.6 is 11.6 Å². The zero-order valence-electron chi connectivity index (χ0n) is 14.1. The summed E-state index contributed by atoms with van der Waals surface area (Å²) >= 11 is 6.19. The Morgan fingerprint density at radius 2 is 1.96 bits per heavy atom. The van der Waals surface area contributed by atoms with Crippen molar-refractivity contribution in [1.82, 2.24) is 14.7 Å². The van der Waals surface area contributed by atoms with Crippen molar-refractivity contribution in [1.29, 1.82) is 0 Å². The highest BCUT2D eigenvalue weighted by Gasteiger charge is 2.23. The maximum atomic E-state index is 12.7. The lowest BCUT2D eigenvalue weighted by molar-refractivity contribution is 0.0717. The van der Waals surface area contributed by atoms with E-state index in [1.165, 1.54) is 25.7 Å². The molecule has 0 unspecified atom stereocenters. The minimum atomic E-state index is 0.0623. The van der Waals surface area contributed by atoms with Crippen LogP contribution in [0.2, 0.25) is 5.02 Å². The normalized spacial score (nSPS) is 15.9. The van der Waals surface area contributed by atoms with Crippen molar-refractivity contribution in [3.8, 4) is 0 Å². The summed E-state index contributed by atoms with van der Waals surface area (Å²) in [5, 5.41) is 5.05. The highest BCUT2D eigenvalue weighted by molar-refractivity contribution is 6.31. The summed E-state index contributed by atoms with van der Waals surface area (Å²) in [5.41, 5.74) is 1.65. The molecule has 1 aliphatic carbocycles. The van der Waals surface area contributed by atoms with E-state index >= 15 is 0 Å². The molecule has 0 atom stereocenters. The molecule has 1 amide bonds. The zero-order valence-corrected chi connectivity index (χ0v) is 14.9. The van der Waals surface area contributed by atoms with Crippen molar-refractivity contribution < 1.29 is 4.79 Å². The molecule has 1 aromatic carbocycles. The van der Waals surface area contributed by atoms with E-state index in [1.807, 2.05) is 42.4 Å². The van der Waals surface area contributed by atoms with Gasteiger partial charge in [-0.05, 0) is 24.5 Å². The van der Waals surface area contributed by atoms with Gasteiger partial charge in [-0.25, -0.2) is 0 Å². The first-order valence-electron chi connectivity index (χ1n) is 8.68. The van der Waals surface area contributed by atoms with Gasteiger partial charge in [-0.2, -0.15) is 5.10 Å². The lowest BCUT2D eigenvalue weighted by Gasteiger charge is -2.26. The van der Waals surface area contributed by atoms with Crippen LogP contribution in [-0.2, 0) is 6.54 Å². The number of carbonyl (C=O) groups excluding carboxylic acids is 1. The maximum absolute atomic E-state index is 12.7. The molecule has 4 nitrogen and oxygen atoms in total. The van der Waals surface area contributed by atoms with Gasteiger partial charge in [-0.15, -0.1) is 0 Å². The number of amides is 1. The summed E-state index contributed by atoms with van der Waals surface area (Å²) in [4.78, 5) is 14.6. The molecular weight excluding hydrogens is 322 g/mol. The summed E-state index contributed by atoms with van der Waals surface area (Å²) in [7, 11) is 1.92. The standard InChI is InChI=1S/C19H24ClN3O/c1-22(17-9-4-2-3-5-10-17)19(24)16-12-21-23(14-16)13-15-8-6-7-11-18(15)20/h6-8,11-12,14,17H,2-5,9-10,13H2,1H3. The average Bonchev–Trinajstić information content (AvgIpc) is 2.88. The van der Waals surface area contributed by atoms with Gasteiger partial charge in [0.1, 0.15) is 0 Å². The van der Waals surface area contributed by atoms with Gasteiger partial charge in [-0.3, -0.25) is 9.48 Å². The molecule has 1 heterocycles. The van der Waals surface area contributed by atoms with E-state index in [4.69, 9.17) is 11.6 Å². The maximum Gasteiger partial charge on any atom is 0.257 e. The van der Waals surface area contributed by atoms with Crippen LogP contribution in [0.15, 0.2) is 36.7 Å². The highest BCUT2D eigenvalue weighted by Crippen LogP contribution is 2.22. The third kappa shape index (κ3) is 3.99. The predicted octanol–water partition coefficient (Wildman–Crippen LogP) is 4.38. The van der Waals surface area contributed by atoms with E-state index < -0.39 is 0 Å². The van der Waals surface area contributed by atoms with Crippen LogP contribution in [0.3, 0.4) is 0 Å². The average molecular weight is 346 g/mol. The molecule has 0 radical (unpaired) electrons. The molecule has 0 N–H and O–H groups in total. The second kappa shape index (κ2) is 7.84. The van der Waals surface area contributed by atoms with Gasteiger partial charge in [0.05, 0.1) is 18.3 Å². The van der Waals surface area contributed by atoms with Gasteiger partial charge in [0.2, 0.25) is 0 Å². The van der Waals surface area contributed by atoms with Crippen LogP contribution in [0.25, 0.3) is 0 Å². The first-order chi connectivity index (χ1) is 11.6. The Morgan fingerprint density at radius 1 is 1.25 bits per heavy atom. The largest absolute Gasteiger partial charge is 0.339 e. The van der Waals surface area contributed by atoms with Gasteiger partial charge < -0.3 is 4.90 Å². The molecule has 1 aromatic heterocycles. The van der Waals surface area contributed by atoms with Gasteiger partial charge in [-0.1, -0.05) is 55.5 Å². The van der Waals surface area contributed by atoms with E-state index in [-0.39, 0.29) is 5.91 Å². The monoisotopic (exact) mass is 345 g/mol. The first-order valence-corrected chi connectivity index (χ1v) is 9.06. The molecule has 2 aromatic rings. The Kier molecular flexibility index (Phi) is 5.56. The lowest BCUT2D eigenvalue weighted by Crippen LogP contribution is -2.36. The summed E-state index contributed by atoms with van der Waals surface area (Å²) in [6.45, 7) is 0.570. The van der Waals surface area contributed by atoms with Crippen LogP contribution < -0.4 is 0 Å². The first kappa shape index (κ1) is 17.0. The Balaban J connectivity index is 1.68. The van der Waals surface area contributed by atoms with E-state index in [0.29, 0.717) is 18.2 Å². The Morgan fingerprint density at radius 3 is 2.67 bits per heavy atom. The van der Waals surface area contributed by atoms with Crippen molar-refractivity contribution >= 4 is 17.5 Å². The van der Waals surface area contributed by atoms with E-state index in [0.717, 1.165) is 23.4 Å². The van der Waals surface area contributed by atoms with Crippen molar-refractivity contribution in [2.75, 3.05) is 7.05 Å². The van der Waals surface area contributed by atoms with Crippen LogP contribution in [0, 0.1) is 0 Å². The number of benzene rings is 1. The van der Waals surface area contributed by atoms with Crippen LogP contribution in [-0.4, -0.2) is 33.7 Å². The van der Waals surface area contributed by atoms with Crippen molar-refractivity contribution in [3.05, 3.63) is 52.8 Å². The molecule has 0 spiro atoms. The number of nitrogens with zero attached hydrogens (tertiary/aromatic N) is 3. The topological polar surface area (TPSA) is 38.1 Å². The molecule has 24 heavy (non-hydrogen) atoms. The Bertz CT molecular complexity index is 689. The molecule has 1 fully saturated rings. The van der Waals surface area contributed by atoms with Gasteiger partial charge in [0.25, 0.3) is 5.91 Å². The van der Waals surface area contributed by atoms with Gasteiger partial charge in [0, 0.05) is 24.3 Å². The number of hydrogen-bond acceptors (Lipinski definition) is 2. The van der Waals surface area contributed by atoms with Crippen LogP contribution in [0.1, 0.15) is 54.4 Å². The fourth-order valence-corrected chi connectivity index (χ4v) is 3.57.